The van der Waals surface area contributed by atoms with Gasteiger partial charge in [0.25, 0.3) is 0 Å². The van der Waals surface area contributed by atoms with Gasteiger partial charge in [-0.1, -0.05) is 18.2 Å². The summed E-state index contributed by atoms with van der Waals surface area (Å²) in [5, 5.41) is 0. The summed E-state index contributed by atoms with van der Waals surface area (Å²) in [4.78, 5) is 16.0. The van der Waals surface area contributed by atoms with E-state index in [1.165, 1.54) is 6.07 Å². The standard InChI is InChI=1S/C16H23FN2O2/c1-16(2,3)21-15(20)19(12-18-9-6-10-18)11-13-7-4-5-8-14(13)17/h4-5,7-8H,6,9-12H2,1-3H3. The van der Waals surface area contributed by atoms with E-state index in [2.05, 4.69) is 4.90 Å². The van der Waals surface area contributed by atoms with Crippen molar-refractivity contribution in [3.8, 4) is 0 Å². The number of hydrogen-bond donors (Lipinski definition) is 0. The molecule has 5 heteroatoms. The molecular weight excluding hydrogens is 271 g/mol. The second kappa shape index (κ2) is 6.43. The van der Waals surface area contributed by atoms with Gasteiger partial charge in [0.2, 0.25) is 0 Å². The van der Waals surface area contributed by atoms with E-state index in [0.717, 1.165) is 19.5 Å². The Morgan fingerprint density at radius 3 is 2.52 bits per heavy atom. The number of hydrogen-bond acceptors (Lipinski definition) is 3. The summed E-state index contributed by atoms with van der Waals surface area (Å²) in [5.74, 6) is -0.297. The summed E-state index contributed by atoms with van der Waals surface area (Å²) < 4.78 is 19.2. The van der Waals surface area contributed by atoms with Crippen LogP contribution in [0.5, 0.6) is 0 Å². The molecule has 0 unspecified atom stereocenters. The highest BCUT2D eigenvalue weighted by Crippen LogP contribution is 2.16. The fraction of sp³-hybridized carbons (Fsp3) is 0.562. The number of likely N-dealkylation sites (tertiary alicyclic amines) is 1. The van der Waals surface area contributed by atoms with E-state index >= 15 is 0 Å². The number of halogens is 1. The van der Waals surface area contributed by atoms with Crippen LogP contribution >= 0.6 is 0 Å². The van der Waals surface area contributed by atoms with Crippen molar-refractivity contribution in [2.45, 2.75) is 39.3 Å². The molecule has 0 aliphatic carbocycles. The minimum Gasteiger partial charge on any atom is -0.444 e. The maximum absolute atomic E-state index is 13.8. The Morgan fingerprint density at radius 1 is 1.33 bits per heavy atom. The predicted molar refractivity (Wildman–Crippen MR) is 79.2 cm³/mol. The highest BCUT2D eigenvalue weighted by atomic mass is 19.1. The first-order valence-electron chi connectivity index (χ1n) is 7.29. The number of carbonyl (C=O) groups is 1. The van der Waals surface area contributed by atoms with Crippen molar-refractivity contribution >= 4 is 6.09 Å². The molecule has 21 heavy (non-hydrogen) atoms. The first kappa shape index (κ1) is 15.8. The first-order chi connectivity index (χ1) is 9.85. The number of amides is 1. The van der Waals surface area contributed by atoms with Crippen molar-refractivity contribution < 1.29 is 13.9 Å². The van der Waals surface area contributed by atoms with Gasteiger partial charge in [-0.05, 0) is 33.3 Å². The van der Waals surface area contributed by atoms with Crippen LogP contribution in [0.3, 0.4) is 0 Å². The van der Waals surface area contributed by atoms with Gasteiger partial charge in [-0.15, -0.1) is 0 Å². The first-order valence-corrected chi connectivity index (χ1v) is 7.29. The minimum absolute atomic E-state index is 0.220. The lowest BCUT2D eigenvalue weighted by molar-refractivity contribution is 0.00270. The van der Waals surface area contributed by atoms with Crippen molar-refractivity contribution in [2.24, 2.45) is 0 Å². The molecule has 1 aromatic carbocycles. The van der Waals surface area contributed by atoms with Crippen molar-refractivity contribution in [1.29, 1.82) is 0 Å². The fourth-order valence-corrected chi connectivity index (χ4v) is 2.10. The average molecular weight is 294 g/mol. The average Bonchev–Trinajstić information content (AvgIpc) is 2.32. The van der Waals surface area contributed by atoms with Gasteiger partial charge in [-0.25, -0.2) is 9.18 Å². The summed E-state index contributed by atoms with van der Waals surface area (Å²) in [6.45, 7) is 8.12. The smallest absolute Gasteiger partial charge is 0.411 e. The Morgan fingerprint density at radius 2 is 2.00 bits per heavy atom. The number of nitrogens with zero attached hydrogens (tertiary/aromatic N) is 2. The van der Waals surface area contributed by atoms with Gasteiger partial charge >= 0.3 is 6.09 Å². The Labute approximate surface area is 125 Å². The molecule has 0 atom stereocenters. The molecule has 1 amide bonds. The van der Waals surface area contributed by atoms with E-state index in [-0.39, 0.29) is 12.4 Å². The minimum atomic E-state index is -0.556. The van der Waals surface area contributed by atoms with Crippen LogP contribution in [0.2, 0.25) is 0 Å². The zero-order chi connectivity index (χ0) is 15.5. The van der Waals surface area contributed by atoms with E-state index in [4.69, 9.17) is 4.74 Å². The number of rotatable bonds is 4. The molecule has 0 saturated carbocycles. The Bertz CT molecular complexity index is 495. The molecule has 0 bridgehead atoms. The van der Waals surface area contributed by atoms with Gasteiger partial charge in [0.1, 0.15) is 11.4 Å². The zero-order valence-corrected chi connectivity index (χ0v) is 12.9. The monoisotopic (exact) mass is 294 g/mol. The molecule has 116 valence electrons. The molecule has 1 aliphatic rings. The van der Waals surface area contributed by atoms with Crippen molar-refractivity contribution in [3.63, 3.8) is 0 Å². The Hall–Kier alpha value is -1.62. The van der Waals surface area contributed by atoms with Crippen molar-refractivity contribution in [3.05, 3.63) is 35.6 Å². The Kier molecular flexibility index (Phi) is 4.83. The van der Waals surface area contributed by atoms with Gasteiger partial charge in [0.15, 0.2) is 0 Å². The lowest BCUT2D eigenvalue weighted by atomic mass is 10.2. The van der Waals surface area contributed by atoms with Crippen LogP contribution in [-0.4, -0.2) is 41.3 Å². The molecule has 0 spiro atoms. The molecule has 2 rings (SSSR count). The molecule has 1 fully saturated rings. The largest absolute Gasteiger partial charge is 0.444 e. The molecule has 0 aromatic heterocycles. The van der Waals surface area contributed by atoms with E-state index in [1.54, 1.807) is 23.1 Å². The van der Waals surface area contributed by atoms with Crippen molar-refractivity contribution in [2.75, 3.05) is 19.8 Å². The second-order valence-electron chi connectivity index (χ2n) is 6.38. The molecule has 1 aliphatic heterocycles. The second-order valence-corrected chi connectivity index (χ2v) is 6.38. The van der Waals surface area contributed by atoms with Crippen LogP contribution in [0.1, 0.15) is 32.8 Å². The molecular formula is C16H23FN2O2. The summed E-state index contributed by atoms with van der Waals surface area (Å²) in [6.07, 6.45) is 0.736. The van der Waals surface area contributed by atoms with Gasteiger partial charge in [-0.3, -0.25) is 9.80 Å². The molecule has 1 heterocycles. The predicted octanol–water partition coefficient (Wildman–Crippen LogP) is 3.23. The van der Waals surface area contributed by atoms with Gasteiger partial charge < -0.3 is 4.74 Å². The van der Waals surface area contributed by atoms with Crippen LogP contribution in [0.4, 0.5) is 9.18 Å². The zero-order valence-electron chi connectivity index (χ0n) is 12.9. The highest BCUT2D eigenvalue weighted by Gasteiger charge is 2.26. The fourth-order valence-electron chi connectivity index (χ4n) is 2.10. The summed E-state index contributed by atoms with van der Waals surface area (Å²) >= 11 is 0. The van der Waals surface area contributed by atoms with Gasteiger partial charge in [-0.2, -0.15) is 0 Å². The lowest BCUT2D eigenvalue weighted by Crippen LogP contribution is -2.48. The Balaban J connectivity index is 2.07. The van der Waals surface area contributed by atoms with Crippen LogP contribution < -0.4 is 0 Å². The van der Waals surface area contributed by atoms with Crippen LogP contribution in [-0.2, 0) is 11.3 Å². The maximum atomic E-state index is 13.8. The normalized spacial score (nSPS) is 15.4. The van der Waals surface area contributed by atoms with Crippen molar-refractivity contribution in [1.82, 2.24) is 9.80 Å². The molecule has 0 radical (unpaired) electrons. The molecule has 4 nitrogen and oxygen atoms in total. The highest BCUT2D eigenvalue weighted by molar-refractivity contribution is 5.68. The third kappa shape index (κ3) is 4.70. The maximum Gasteiger partial charge on any atom is 0.411 e. The number of carbonyl (C=O) groups excluding carboxylic acids is 1. The third-order valence-corrected chi connectivity index (χ3v) is 3.29. The molecule has 0 N–H and O–H groups in total. The summed E-state index contributed by atoms with van der Waals surface area (Å²) in [6, 6.07) is 6.52. The SMILES string of the molecule is CC(C)(C)OC(=O)N(Cc1ccccc1F)CN1CCC1. The van der Waals surface area contributed by atoms with Gasteiger partial charge in [0, 0.05) is 18.7 Å². The quantitative estimate of drug-likeness (QED) is 0.854. The van der Waals surface area contributed by atoms with Crippen LogP contribution in [0.15, 0.2) is 24.3 Å². The van der Waals surface area contributed by atoms with Gasteiger partial charge in [0.05, 0.1) is 13.2 Å². The van der Waals surface area contributed by atoms with E-state index in [1.807, 2.05) is 20.8 Å². The van der Waals surface area contributed by atoms with Crippen LogP contribution in [0, 0.1) is 5.82 Å². The topological polar surface area (TPSA) is 32.8 Å². The third-order valence-electron chi connectivity index (χ3n) is 3.29. The van der Waals surface area contributed by atoms with E-state index in [0.29, 0.717) is 12.2 Å². The van der Waals surface area contributed by atoms with E-state index < -0.39 is 11.7 Å². The number of benzene rings is 1. The lowest BCUT2D eigenvalue weighted by Gasteiger charge is -2.36. The van der Waals surface area contributed by atoms with E-state index in [9.17, 15) is 9.18 Å². The van der Waals surface area contributed by atoms with Crippen LogP contribution in [0.25, 0.3) is 0 Å². The summed E-state index contributed by atoms with van der Waals surface area (Å²) in [7, 11) is 0. The molecule has 1 aromatic rings. The summed E-state index contributed by atoms with van der Waals surface area (Å²) in [5.41, 5.74) is -0.0524. The molecule has 1 saturated heterocycles. The number of ether oxygens (including phenoxy) is 1.